The molecule has 0 spiro atoms. The monoisotopic (exact) mass is 470 g/mol. The van der Waals surface area contributed by atoms with Crippen molar-refractivity contribution in [3.05, 3.63) is 72.1 Å². The molecule has 4 N–H and O–H groups in total. The van der Waals surface area contributed by atoms with Crippen molar-refractivity contribution >= 4 is 22.8 Å². The number of piperazine rings is 1. The summed E-state index contributed by atoms with van der Waals surface area (Å²) in [6.07, 6.45) is 4.91. The molecule has 0 atom stereocenters. The minimum absolute atomic E-state index is 0.0202. The quantitative estimate of drug-likeness (QED) is 0.270. The maximum absolute atomic E-state index is 12.8. The summed E-state index contributed by atoms with van der Waals surface area (Å²) in [5.41, 5.74) is 9.16. The number of nitrogens with one attached hydrogen (secondary N) is 2. The Bertz CT molecular complexity index is 1320. The van der Waals surface area contributed by atoms with Gasteiger partial charge >= 0.3 is 0 Å². The fourth-order valence-corrected chi connectivity index (χ4v) is 4.55. The van der Waals surface area contributed by atoms with E-state index in [1.807, 2.05) is 33.9 Å². The summed E-state index contributed by atoms with van der Waals surface area (Å²) in [5, 5.41) is 7.62. The molecule has 180 valence electrons. The lowest BCUT2D eigenvalue weighted by Gasteiger charge is -2.34. The van der Waals surface area contributed by atoms with Gasteiger partial charge in [0, 0.05) is 63.6 Å². The van der Waals surface area contributed by atoms with Gasteiger partial charge in [0.25, 0.3) is 0 Å². The van der Waals surface area contributed by atoms with Crippen LogP contribution in [-0.4, -0.2) is 67.2 Å². The average molecular weight is 471 g/mol. The summed E-state index contributed by atoms with van der Waals surface area (Å²) < 4.78 is 2.02. The van der Waals surface area contributed by atoms with E-state index >= 15 is 0 Å². The first-order chi connectivity index (χ1) is 17.1. The maximum Gasteiger partial charge on any atom is 0.222 e. The molecular weight excluding hydrogens is 440 g/mol. The zero-order valence-electron chi connectivity index (χ0n) is 19.7. The third-order valence-corrected chi connectivity index (χ3v) is 6.48. The van der Waals surface area contributed by atoms with E-state index < -0.39 is 0 Å². The molecule has 5 rings (SSSR count). The van der Waals surface area contributed by atoms with Crippen LogP contribution in [0.25, 0.3) is 22.7 Å². The van der Waals surface area contributed by atoms with E-state index in [-0.39, 0.29) is 11.7 Å². The van der Waals surface area contributed by atoms with Gasteiger partial charge in [0.2, 0.25) is 5.91 Å². The lowest BCUT2D eigenvalue weighted by molar-refractivity contribution is -0.133. The van der Waals surface area contributed by atoms with Crippen molar-refractivity contribution in [2.75, 3.05) is 26.2 Å². The number of nitrogen functional groups attached to an aromatic ring is 1. The number of aryl methyl sites for hydroxylation is 1. The van der Waals surface area contributed by atoms with Gasteiger partial charge in [-0.2, -0.15) is 0 Å². The lowest BCUT2D eigenvalue weighted by Crippen LogP contribution is -2.48. The number of hydrogen-bond donors (Lipinski definition) is 3. The van der Waals surface area contributed by atoms with Gasteiger partial charge in [0.1, 0.15) is 5.84 Å². The molecule has 35 heavy (non-hydrogen) atoms. The molecule has 3 heterocycles. The van der Waals surface area contributed by atoms with E-state index in [1.54, 1.807) is 12.3 Å². The maximum atomic E-state index is 12.8. The molecular formula is C26H30N8O. The van der Waals surface area contributed by atoms with E-state index in [2.05, 4.69) is 44.1 Å². The molecule has 0 bridgehead atoms. The first kappa shape index (κ1) is 22.8. The third kappa shape index (κ3) is 5.25. The molecule has 1 aliphatic rings. The van der Waals surface area contributed by atoms with Crippen LogP contribution in [0.2, 0.25) is 0 Å². The lowest BCUT2D eigenvalue weighted by atomic mass is 10.2. The number of carbonyl (C=O) groups excluding carboxylic acids is 1. The second kappa shape index (κ2) is 10.1. The van der Waals surface area contributed by atoms with Crippen molar-refractivity contribution in [2.45, 2.75) is 25.9 Å². The fraction of sp³-hybridized carbons (Fsp3) is 0.308. The molecule has 2 aromatic carbocycles. The standard InChI is InChI=1S/C26H30N8O/c27-24(28)20-8-9-21-22(17-20)31-25(30-21)26-29-10-12-34(26)11-4-7-23(35)33-15-13-32(14-16-33)18-19-5-2-1-3-6-19/h1-3,5-6,8-10,12,17H,4,7,11,13-16,18H2,(H3,27,28)(H,30,31). The Balaban J connectivity index is 1.13. The van der Waals surface area contributed by atoms with Gasteiger partial charge in [-0.3, -0.25) is 15.1 Å². The first-order valence-corrected chi connectivity index (χ1v) is 12.0. The molecule has 0 aliphatic carbocycles. The van der Waals surface area contributed by atoms with Crippen molar-refractivity contribution in [1.82, 2.24) is 29.3 Å². The van der Waals surface area contributed by atoms with Crippen molar-refractivity contribution in [1.29, 1.82) is 5.41 Å². The molecule has 0 radical (unpaired) electrons. The van der Waals surface area contributed by atoms with Crippen LogP contribution < -0.4 is 5.73 Å². The Morgan fingerprint density at radius 1 is 1.09 bits per heavy atom. The number of benzene rings is 2. The van der Waals surface area contributed by atoms with Crippen LogP contribution in [0.5, 0.6) is 0 Å². The average Bonchev–Trinajstić information content (AvgIpc) is 3.51. The summed E-state index contributed by atoms with van der Waals surface area (Å²) >= 11 is 0. The second-order valence-corrected chi connectivity index (χ2v) is 8.92. The second-order valence-electron chi connectivity index (χ2n) is 8.92. The highest BCUT2D eigenvalue weighted by molar-refractivity contribution is 5.98. The Morgan fingerprint density at radius 3 is 2.66 bits per heavy atom. The van der Waals surface area contributed by atoms with Gasteiger partial charge in [0.05, 0.1) is 11.0 Å². The van der Waals surface area contributed by atoms with Gasteiger partial charge in [-0.05, 0) is 30.2 Å². The Labute approximate surface area is 204 Å². The van der Waals surface area contributed by atoms with Crippen LogP contribution in [-0.2, 0) is 17.9 Å². The Kier molecular flexibility index (Phi) is 6.58. The van der Waals surface area contributed by atoms with Crippen molar-refractivity contribution in [2.24, 2.45) is 5.73 Å². The molecule has 0 unspecified atom stereocenters. The normalized spacial score (nSPS) is 14.5. The number of fused-ring (bicyclic) bond motifs is 1. The summed E-state index contributed by atoms with van der Waals surface area (Å²) in [6, 6.07) is 15.9. The van der Waals surface area contributed by atoms with Crippen LogP contribution in [0.15, 0.2) is 60.9 Å². The van der Waals surface area contributed by atoms with Gasteiger partial charge in [-0.25, -0.2) is 9.97 Å². The predicted molar refractivity (Wildman–Crippen MR) is 136 cm³/mol. The third-order valence-electron chi connectivity index (χ3n) is 6.48. The zero-order chi connectivity index (χ0) is 24.2. The summed E-state index contributed by atoms with van der Waals surface area (Å²) in [4.78, 5) is 29.6. The smallest absolute Gasteiger partial charge is 0.222 e. The van der Waals surface area contributed by atoms with Crippen molar-refractivity contribution < 1.29 is 4.79 Å². The molecule has 1 aliphatic heterocycles. The minimum atomic E-state index is 0.0202. The topological polar surface area (TPSA) is 120 Å². The number of imidazole rings is 2. The molecule has 1 fully saturated rings. The summed E-state index contributed by atoms with van der Waals surface area (Å²) in [6.45, 7) is 4.99. The predicted octanol–water partition coefficient (Wildman–Crippen LogP) is 2.84. The molecule has 1 saturated heterocycles. The highest BCUT2D eigenvalue weighted by Gasteiger charge is 2.21. The van der Waals surface area contributed by atoms with Crippen molar-refractivity contribution in [3.63, 3.8) is 0 Å². The Morgan fingerprint density at radius 2 is 1.89 bits per heavy atom. The number of hydrogen-bond acceptors (Lipinski definition) is 5. The van der Waals surface area contributed by atoms with Crippen LogP contribution in [0.3, 0.4) is 0 Å². The summed E-state index contributed by atoms with van der Waals surface area (Å²) in [5.74, 6) is 1.62. The number of nitrogens with zero attached hydrogens (tertiary/aromatic N) is 5. The van der Waals surface area contributed by atoms with E-state index in [0.29, 0.717) is 24.4 Å². The van der Waals surface area contributed by atoms with Crippen LogP contribution in [0.1, 0.15) is 24.0 Å². The molecule has 1 amide bonds. The molecule has 4 aromatic rings. The van der Waals surface area contributed by atoms with Crippen LogP contribution in [0, 0.1) is 5.41 Å². The van der Waals surface area contributed by atoms with E-state index in [9.17, 15) is 4.79 Å². The Hall–Kier alpha value is -3.98. The van der Waals surface area contributed by atoms with Gasteiger partial charge in [-0.1, -0.05) is 30.3 Å². The zero-order valence-corrected chi connectivity index (χ0v) is 19.7. The molecule has 9 nitrogen and oxygen atoms in total. The number of carbonyl (C=O) groups is 1. The van der Waals surface area contributed by atoms with Crippen LogP contribution >= 0.6 is 0 Å². The fourth-order valence-electron chi connectivity index (χ4n) is 4.55. The van der Waals surface area contributed by atoms with Gasteiger partial charge in [0.15, 0.2) is 11.6 Å². The van der Waals surface area contributed by atoms with Crippen LogP contribution in [0.4, 0.5) is 0 Å². The highest BCUT2D eigenvalue weighted by Crippen LogP contribution is 2.21. The number of amides is 1. The first-order valence-electron chi connectivity index (χ1n) is 12.0. The summed E-state index contributed by atoms with van der Waals surface area (Å²) in [7, 11) is 0. The SMILES string of the molecule is N=C(N)c1ccc2nc(-c3nccn3CCCC(=O)N3CCN(Cc4ccccc4)CC3)[nH]c2c1. The molecule has 2 aromatic heterocycles. The number of amidine groups is 1. The number of rotatable bonds is 8. The highest BCUT2D eigenvalue weighted by atomic mass is 16.2. The van der Waals surface area contributed by atoms with E-state index in [1.165, 1.54) is 5.56 Å². The molecule has 0 saturated carbocycles. The number of H-pyrrole nitrogens is 1. The van der Waals surface area contributed by atoms with Crippen molar-refractivity contribution in [3.8, 4) is 11.6 Å². The van der Waals surface area contributed by atoms with Gasteiger partial charge < -0.3 is 20.2 Å². The van der Waals surface area contributed by atoms with Gasteiger partial charge in [-0.15, -0.1) is 0 Å². The number of nitrogens with two attached hydrogens (primary N) is 1. The largest absolute Gasteiger partial charge is 0.384 e. The van der Waals surface area contributed by atoms with E-state index in [4.69, 9.17) is 11.1 Å². The number of aromatic amines is 1. The van der Waals surface area contributed by atoms with E-state index in [0.717, 1.165) is 56.0 Å². The molecule has 9 heteroatoms. The number of aromatic nitrogens is 4. The minimum Gasteiger partial charge on any atom is -0.384 e.